The maximum atomic E-state index is 13.6. The topological polar surface area (TPSA) is 41.5 Å². The van der Waals surface area contributed by atoms with Gasteiger partial charge in [0, 0.05) is 25.1 Å². The Morgan fingerprint density at radius 2 is 2.22 bits per heavy atom. The lowest BCUT2D eigenvalue weighted by atomic mass is 10.1. The summed E-state index contributed by atoms with van der Waals surface area (Å²) >= 11 is 0. The number of aliphatic hydroxyl groups excluding tert-OH is 1. The third-order valence-corrected chi connectivity index (χ3v) is 3.42. The van der Waals surface area contributed by atoms with Gasteiger partial charge in [0.15, 0.2) is 11.6 Å². The summed E-state index contributed by atoms with van der Waals surface area (Å²) in [7, 11) is 0. The van der Waals surface area contributed by atoms with Crippen LogP contribution in [0.4, 0.5) is 4.39 Å². The van der Waals surface area contributed by atoms with Crippen LogP contribution in [-0.4, -0.2) is 24.9 Å². The van der Waals surface area contributed by atoms with E-state index in [1.807, 2.05) is 13.0 Å². The summed E-state index contributed by atoms with van der Waals surface area (Å²) in [6.45, 7) is 3.94. The second-order valence-electron chi connectivity index (χ2n) is 4.96. The van der Waals surface area contributed by atoms with Gasteiger partial charge in [-0.05, 0) is 37.5 Å². The van der Waals surface area contributed by atoms with Gasteiger partial charge < -0.3 is 15.2 Å². The summed E-state index contributed by atoms with van der Waals surface area (Å²) in [5.74, 6) is -0.0188. The Hall–Kier alpha value is -1.13. The first-order valence-electron chi connectivity index (χ1n) is 6.42. The lowest BCUT2D eigenvalue weighted by Crippen LogP contribution is -2.26. The Morgan fingerprint density at radius 1 is 1.44 bits per heavy atom. The average Bonchev–Trinajstić information content (AvgIpc) is 3.13. The van der Waals surface area contributed by atoms with E-state index in [-0.39, 0.29) is 17.8 Å². The van der Waals surface area contributed by atoms with Crippen LogP contribution >= 0.6 is 0 Å². The third-order valence-electron chi connectivity index (χ3n) is 3.42. The molecule has 0 heterocycles. The largest absolute Gasteiger partial charge is 0.491 e. The molecule has 0 aliphatic heterocycles. The molecule has 18 heavy (non-hydrogen) atoms. The predicted molar refractivity (Wildman–Crippen MR) is 68.0 cm³/mol. The Balaban J connectivity index is 1.84. The number of hydrogen-bond donors (Lipinski definition) is 2. The zero-order chi connectivity index (χ0) is 13.0. The molecule has 1 saturated carbocycles. The second kappa shape index (κ2) is 5.67. The van der Waals surface area contributed by atoms with Crippen LogP contribution < -0.4 is 10.1 Å². The highest BCUT2D eigenvalue weighted by Crippen LogP contribution is 2.44. The van der Waals surface area contributed by atoms with Gasteiger partial charge in [-0.1, -0.05) is 6.07 Å². The van der Waals surface area contributed by atoms with Gasteiger partial charge in [-0.3, -0.25) is 0 Å². The third kappa shape index (κ3) is 3.21. The van der Waals surface area contributed by atoms with E-state index in [0.717, 1.165) is 24.9 Å². The fourth-order valence-corrected chi connectivity index (χ4v) is 1.97. The van der Waals surface area contributed by atoms with Crippen molar-refractivity contribution in [1.29, 1.82) is 0 Å². The van der Waals surface area contributed by atoms with Crippen LogP contribution in [0.1, 0.15) is 25.3 Å². The van der Waals surface area contributed by atoms with Crippen LogP contribution in [0.2, 0.25) is 0 Å². The molecule has 0 unspecified atom stereocenters. The summed E-state index contributed by atoms with van der Waals surface area (Å²) in [6.07, 6.45) is 2.16. The Labute approximate surface area is 107 Å². The van der Waals surface area contributed by atoms with Crippen LogP contribution in [0, 0.1) is 11.2 Å². The lowest BCUT2D eigenvalue weighted by Gasteiger charge is -2.13. The van der Waals surface area contributed by atoms with Crippen LogP contribution in [0.25, 0.3) is 0 Å². The molecule has 0 saturated heterocycles. The highest BCUT2D eigenvalue weighted by atomic mass is 19.1. The quantitative estimate of drug-likeness (QED) is 0.782. The predicted octanol–water partition coefficient (Wildman–Crippen LogP) is 2.09. The first-order chi connectivity index (χ1) is 8.69. The van der Waals surface area contributed by atoms with E-state index < -0.39 is 0 Å². The number of ether oxygens (including phenoxy) is 1. The monoisotopic (exact) mass is 253 g/mol. The van der Waals surface area contributed by atoms with Crippen molar-refractivity contribution in [1.82, 2.24) is 5.32 Å². The van der Waals surface area contributed by atoms with Gasteiger partial charge in [0.25, 0.3) is 0 Å². The summed E-state index contributed by atoms with van der Waals surface area (Å²) in [6, 6.07) is 5.02. The van der Waals surface area contributed by atoms with Gasteiger partial charge in [0.05, 0.1) is 6.61 Å². The first kappa shape index (κ1) is 13.3. The molecule has 0 bridgehead atoms. The number of halogens is 1. The van der Waals surface area contributed by atoms with Crippen molar-refractivity contribution in [2.45, 2.75) is 26.3 Å². The molecule has 100 valence electrons. The number of rotatable bonds is 7. The average molecular weight is 253 g/mol. The van der Waals surface area contributed by atoms with E-state index in [4.69, 9.17) is 4.74 Å². The smallest absolute Gasteiger partial charge is 0.165 e. The van der Waals surface area contributed by atoms with Crippen molar-refractivity contribution in [2.75, 3.05) is 19.8 Å². The van der Waals surface area contributed by atoms with Crippen molar-refractivity contribution in [3.8, 4) is 5.75 Å². The van der Waals surface area contributed by atoms with E-state index in [1.54, 1.807) is 6.07 Å². The van der Waals surface area contributed by atoms with Crippen LogP contribution in [0.3, 0.4) is 0 Å². The van der Waals surface area contributed by atoms with Crippen molar-refractivity contribution < 1.29 is 14.2 Å². The molecule has 1 aromatic rings. The first-order valence-corrected chi connectivity index (χ1v) is 6.42. The number of aliphatic hydroxyl groups is 1. The normalized spacial score (nSPS) is 16.6. The molecule has 2 N–H and O–H groups in total. The van der Waals surface area contributed by atoms with Crippen molar-refractivity contribution in [3.63, 3.8) is 0 Å². The highest BCUT2D eigenvalue weighted by Gasteiger charge is 2.41. The van der Waals surface area contributed by atoms with Crippen molar-refractivity contribution in [3.05, 3.63) is 29.6 Å². The Kier molecular flexibility index (Phi) is 4.19. The molecule has 1 aliphatic carbocycles. The number of nitrogens with one attached hydrogen (secondary N) is 1. The molecule has 1 aromatic carbocycles. The molecule has 0 amide bonds. The van der Waals surface area contributed by atoms with Gasteiger partial charge in [0.2, 0.25) is 0 Å². The van der Waals surface area contributed by atoms with Gasteiger partial charge in [-0.15, -0.1) is 0 Å². The molecule has 0 atom stereocenters. The molecule has 1 aliphatic rings. The number of benzene rings is 1. The summed E-state index contributed by atoms with van der Waals surface area (Å²) in [5.41, 5.74) is 0.980. The molecule has 0 aromatic heterocycles. The molecule has 2 rings (SSSR count). The Morgan fingerprint density at radius 3 is 2.78 bits per heavy atom. The molecule has 0 radical (unpaired) electrons. The van der Waals surface area contributed by atoms with Gasteiger partial charge in [-0.2, -0.15) is 0 Å². The van der Waals surface area contributed by atoms with E-state index in [0.29, 0.717) is 18.9 Å². The minimum atomic E-state index is -0.320. The summed E-state index contributed by atoms with van der Waals surface area (Å²) < 4.78 is 18.7. The maximum absolute atomic E-state index is 13.6. The fourth-order valence-electron chi connectivity index (χ4n) is 1.97. The standard InChI is InChI=1S/C14H20FNO2/c1-2-18-13-4-3-11(7-12(13)15)8-16-9-14(10-17)5-6-14/h3-4,7,16-17H,2,5-6,8-10H2,1H3. The molecular formula is C14H20FNO2. The fraction of sp³-hybridized carbons (Fsp3) is 0.571. The highest BCUT2D eigenvalue weighted by molar-refractivity contribution is 5.29. The molecular weight excluding hydrogens is 233 g/mol. The van der Waals surface area contributed by atoms with Crippen LogP contribution in [-0.2, 0) is 6.54 Å². The van der Waals surface area contributed by atoms with E-state index in [9.17, 15) is 9.50 Å². The van der Waals surface area contributed by atoms with Gasteiger partial charge in [0.1, 0.15) is 0 Å². The second-order valence-corrected chi connectivity index (χ2v) is 4.96. The summed E-state index contributed by atoms with van der Waals surface area (Å²) in [4.78, 5) is 0. The van der Waals surface area contributed by atoms with Gasteiger partial charge >= 0.3 is 0 Å². The molecule has 1 fully saturated rings. The maximum Gasteiger partial charge on any atom is 0.165 e. The minimum absolute atomic E-state index is 0.0871. The zero-order valence-corrected chi connectivity index (χ0v) is 10.7. The molecule has 4 heteroatoms. The van der Waals surface area contributed by atoms with Crippen LogP contribution in [0.5, 0.6) is 5.75 Å². The molecule has 3 nitrogen and oxygen atoms in total. The van der Waals surface area contributed by atoms with Crippen molar-refractivity contribution >= 4 is 0 Å². The number of hydrogen-bond acceptors (Lipinski definition) is 3. The SMILES string of the molecule is CCOc1ccc(CNCC2(CO)CC2)cc1F. The lowest BCUT2D eigenvalue weighted by molar-refractivity contribution is 0.207. The van der Waals surface area contributed by atoms with E-state index >= 15 is 0 Å². The minimum Gasteiger partial charge on any atom is -0.491 e. The van der Waals surface area contributed by atoms with Crippen LogP contribution in [0.15, 0.2) is 18.2 Å². The summed E-state index contributed by atoms with van der Waals surface area (Å²) in [5, 5.41) is 12.4. The van der Waals surface area contributed by atoms with E-state index in [1.165, 1.54) is 6.07 Å². The molecule has 0 spiro atoms. The van der Waals surface area contributed by atoms with Gasteiger partial charge in [-0.25, -0.2) is 4.39 Å². The van der Waals surface area contributed by atoms with Crippen molar-refractivity contribution in [2.24, 2.45) is 5.41 Å². The van der Waals surface area contributed by atoms with E-state index in [2.05, 4.69) is 5.32 Å². The Bertz CT molecular complexity index is 405. The zero-order valence-electron chi connectivity index (χ0n) is 10.7.